The number of aliphatic carboxylic acids is 1. The number of nitrogens with one attached hydrogen (secondary N) is 1. The van der Waals surface area contributed by atoms with Crippen LogP contribution >= 0.6 is 11.6 Å². The summed E-state index contributed by atoms with van der Waals surface area (Å²) in [6.07, 6.45) is 0.0760. The molecule has 1 atom stereocenters. The first kappa shape index (κ1) is 21.3. The van der Waals surface area contributed by atoms with Crippen molar-refractivity contribution in [2.45, 2.75) is 12.5 Å². The van der Waals surface area contributed by atoms with Crippen molar-refractivity contribution in [2.75, 3.05) is 0 Å². The Labute approximate surface area is 189 Å². The average molecular weight is 447 g/mol. The lowest BCUT2D eigenvalue weighted by molar-refractivity contribution is -0.139. The SMILES string of the molecule is O=C(NC(Cc1cccc(Cl)c1)C(=O)O)c1nc(-c2ccccc2)n(-c2ccccc2)n1. The van der Waals surface area contributed by atoms with Crippen LogP contribution in [-0.2, 0) is 11.2 Å². The highest BCUT2D eigenvalue weighted by Gasteiger charge is 2.25. The van der Waals surface area contributed by atoms with Crippen LogP contribution in [0.3, 0.4) is 0 Å². The normalized spacial score (nSPS) is 11.7. The molecular formula is C24H19ClN4O3. The van der Waals surface area contributed by atoms with Gasteiger partial charge in [0.25, 0.3) is 5.91 Å². The first-order valence-electron chi connectivity index (χ1n) is 9.87. The fourth-order valence-corrected chi connectivity index (χ4v) is 3.47. The maximum atomic E-state index is 12.9. The van der Waals surface area contributed by atoms with Crippen LogP contribution in [0.1, 0.15) is 16.2 Å². The first-order valence-corrected chi connectivity index (χ1v) is 10.2. The monoisotopic (exact) mass is 446 g/mol. The highest BCUT2D eigenvalue weighted by Crippen LogP contribution is 2.21. The molecule has 0 saturated carbocycles. The molecule has 0 aliphatic carbocycles. The summed E-state index contributed by atoms with van der Waals surface area (Å²) in [6.45, 7) is 0. The van der Waals surface area contributed by atoms with E-state index in [1.807, 2.05) is 60.7 Å². The number of carbonyl (C=O) groups excluding carboxylic acids is 1. The molecule has 0 bridgehead atoms. The molecule has 1 aromatic heterocycles. The van der Waals surface area contributed by atoms with Gasteiger partial charge in [-0.25, -0.2) is 14.5 Å². The molecule has 32 heavy (non-hydrogen) atoms. The molecule has 0 spiro atoms. The maximum Gasteiger partial charge on any atom is 0.326 e. The van der Waals surface area contributed by atoms with Gasteiger partial charge in [0.15, 0.2) is 5.82 Å². The lowest BCUT2D eigenvalue weighted by Gasteiger charge is -2.13. The van der Waals surface area contributed by atoms with E-state index in [1.165, 1.54) is 0 Å². The number of rotatable bonds is 7. The molecule has 7 nitrogen and oxygen atoms in total. The second-order valence-electron chi connectivity index (χ2n) is 7.07. The molecule has 0 fully saturated rings. The summed E-state index contributed by atoms with van der Waals surface area (Å²) in [6, 6.07) is 24.3. The summed E-state index contributed by atoms with van der Waals surface area (Å²) in [7, 11) is 0. The zero-order valence-electron chi connectivity index (χ0n) is 16.9. The summed E-state index contributed by atoms with van der Waals surface area (Å²) in [5.41, 5.74) is 2.20. The van der Waals surface area contributed by atoms with Crippen molar-refractivity contribution >= 4 is 23.5 Å². The van der Waals surface area contributed by atoms with Gasteiger partial charge in [-0.3, -0.25) is 4.79 Å². The van der Waals surface area contributed by atoms with Crippen LogP contribution in [0, 0.1) is 0 Å². The van der Waals surface area contributed by atoms with Crippen molar-refractivity contribution in [3.8, 4) is 17.1 Å². The number of hydrogen-bond acceptors (Lipinski definition) is 4. The van der Waals surface area contributed by atoms with Crippen molar-refractivity contribution in [1.29, 1.82) is 0 Å². The van der Waals surface area contributed by atoms with Gasteiger partial charge in [0.2, 0.25) is 5.82 Å². The van der Waals surface area contributed by atoms with Gasteiger partial charge in [0.05, 0.1) is 5.69 Å². The summed E-state index contributed by atoms with van der Waals surface area (Å²) < 4.78 is 1.57. The third-order valence-electron chi connectivity index (χ3n) is 4.78. The summed E-state index contributed by atoms with van der Waals surface area (Å²) >= 11 is 5.99. The molecular weight excluding hydrogens is 428 g/mol. The zero-order valence-corrected chi connectivity index (χ0v) is 17.6. The smallest absolute Gasteiger partial charge is 0.326 e. The number of carboxylic acid groups (broad SMARTS) is 1. The minimum Gasteiger partial charge on any atom is -0.480 e. The number of para-hydroxylation sites is 1. The van der Waals surface area contributed by atoms with Gasteiger partial charge >= 0.3 is 5.97 Å². The Bertz CT molecular complexity index is 1190. The van der Waals surface area contributed by atoms with E-state index in [2.05, 4.69) is 15.4 Å². The number of benzene rings is 3. The Morgan fingerprint density at radius 3 is 2.31 bits per heavy atom. The number of nitrogens with zero attached hydrogens (tertiary/aromatic N) is 3. The number of aromatic nitrogens is 3. The van der Waals surface area contributed by atoms with Crippen LogP contribution in [0.4, 0.5) is 0 Å². The molecule has 1 heterocycles. The summed E-state index contributed by atoms with van der Waals surface area (Å²) in [5, 5.41) is 17.0. The van der Waals surface area contributed by atoms with Crippen molar-refractivity contribution < 1.29 is 14.7 Å². The Hall–Kier alpha value is -3.97. The van der Waals surface area contributed by atoms with Crippen LogP contribution in [-0.4, -0.2) is 37.8 Å². The minimum atomic E-state index is -1.16. The van der Waals surface area contributed by atoms with E-state index in [-0.39, 0.29) is 12.2 Å². The van der Waals surface area contributed by atoms with Crippen LogP contribution in [0.25, 0.3) is 17.1 Å². The van der Waals surface area contributed by atoms with Gasteiger partial charge in [-0.1, -0.05) is 72.3 Å². The molecule has 0 aliphatic rings. The molecule has 1 unspecified atom stereocenters. The molecule has 160 valence electrons. The number of halogens is 1. The molecule has 2 N–H and O–H groups in total. The number of hydrogen-bond donors (Lipinski definition) is 2. The average Bonchev–Trinajstić information content (AvgIpc) is 3.25. The molecule has 0 aliphatic heterocycles. The Morgan fingerprint density at radius 1 is 0.969 bits per heavy atom. The van der Waals surface area contributed by atoms with E-state index < -0.39 is 17.9 Å². The van der Waals surface area contributed by atoms with Crippen molar-refractivity contribution in [1.82, 2.24) is 20.1 Å². The van der Waals surface area contributed by atoms with Crippen LogP contribution in [0.15, 0.2) is 84.9 Å². The molecule has 0 radical (unpaired) electrons. The summed E-state index contributed by atoms with van der Waals surface area (Å²) in [5.74, 6) is -1.48. The number of amides is 1. The van der Waals surface area contributed by atoms with Gasteiger partial charge in [0.1, 0.15) is 6.04 Å². The second kappa shape index (κ2) is 9.45. The van der Waals surface area contributed by atoms with E-state index in [9.17, 15) is 14.7 Å². The lowest BCUT2D eigenvalue weighted by atomic mass is 10.1. The molecule has 0 saturated heterocycles. The van der Waals surface area contributed by atoms with Crippen LogP contribution in [0.5, 0.6) is 0 Å². The molecule has 4 rings (SSSR count). The highest BCUT2D eigenvalue weighted by atomic mass is 35.5. The lowest BCUT2D eigenvalue weighted by Crippen LogP contribution is -2.42. The van der Waals surface area contributed by atoms with Crippen molar-refractivity contribution in [3.05, 3.63) is 101 Å². The number of carbonyl (C=O) groups is 2. The fraction of sp³-hybridized carbons (Fsp3) is 0.0833. The zero-order chi connectivity index (χ0) is 22.5. The second-order valence-corrected chi connectivity index (χ2v) is 7.51. The van der Waals surface area contributed by atoms with Crippen molar-refractivity contribution in [3.63, 3.8) is 0 Å². The topological polar surface area (TPSA) is 97.1 Å². The Balaban J connectivity index is 1.64. The van der Waals surface area contributed by atoms with Crippen LogP contribution in [0.2, 0.25) is 5.02 Å². The molecule has 8 heteroatoms. The van der Waals surface area contributed by atoms with Gasteiger partial charge < -0.3 is 10.4 Å². The van der Waals surface area contributed by atoms with Gasteiger partial charge in [0, 0.05) is 17.0 Å². The van der Waals surface area contributed by atoms with E-state index in [0.717, 1.165) is 11.3 Å². The summed E-state index contributed by atoms with van der Waals surface area (Å²) in [4.78, 5) is 29.1. The van der Waals surface area contributed by atoms with Crippen LogP contribution < -0.4 is 5.32 Å². The van der Waals surface area contributed by atoms with E-state index in [1.54, 1.807) is 28.9 Å². The fourth-order valence-electron chi connectivity index (χ4n) is 3.25. The van der Waals surface area contributed by atoms with Gasteiger partial charge in [-0.15, -0.1) is 5.10 Å². The third kappa shape index (κ3) is 4.84. The highest BCUT2D eigenvalue weighted by molar-refractivity contribution is 6.30. The Morgan fingerprint density at radius 2 is 1.66 bits per heavy atom. The largest absolute Gasteiger partial charge is 0.480 e. The van der Waals surface area contributed by atoms with Gasteiger partial charge in [-0.05, 0) is 29.8 Å². The maximum absolute atomic E-state index is 12.9. The minimum absolute atomic E-state index is 0.0760. The van der Waals surface area contributed by atoms with E-state index >= 15 is 0 Å². The first-order chi connectivity index (χ1) is 15.5. The standard InChI is InChI=1S/C24H19ClN4O3/c25-18-11-7-8-16(14-18)15-20(24(31)32)26-23(30)21-27-22(17-9-3-1-4-10-17)29(28-21)19-12-5-2-6-13-19/h1-14,20H,15H2,(H,26,30)(H,31,32). The number of carboxylic acids is 1. The van der Waals surface area contributed by atoms with E-state index in [0.29, 0.717) is 16.4 Å². The molecule has 4 aromatic rings. The van der Waals surface area contributed by atoms with Crippen molar-refractivity contribution in [2.24, 2.45) is 0 Å². The molecule has 3 aromatic carbocycles. The van der Waals surface area contributed by atoms with Gasteiger partial charge in [-0.2, -0.15) is 0 Å². The Kier molecular flexibility index (Phi) is 6.28. The predicted octanol–water partition coefficient (Wildman–Crippen LogP) is 4.01. The predicted molar refractivity (Wildman–Crippen MR) is 121 cm³/mol. The molecule has 1 amide bonds. The quantitative estimate of drug-likeness (QED) is 0.447. The van der Waals surface area contributed by atoms with E-state index in [4.69, 9.17) is 11.6 Å². The third-order valence-corrected chi connectivity index (χ3v) is 5.01.